The molecule has 3 aromatic rings. The zero-order valence-corrected chi connectivity index (χ0v) is 16.5. The molecule has 0 aliphatic heterocycles. The van der Waals surface area contributed by atoms with Crippen molar-refractivity contribution >= 4 is 11.7 Å². The number of aromatic nitrogens is 2. The highest BCUT2D eigenvalue weighted by Gasteiger charge is 2.16. The predicted molar refractivity (Wildman–Crippen MR) is 113 cm³/mol. The van der Waals surface area contributed by atoms with Crippen LogP contribution in [-0.2, 0) is 0 Å². The molecule has 3 rings (SSSR count). The van der Waals surface area contributed by atoms with E-state index in [9.17, 15) is 4.79 Å². The fourth-order valence-corrected chi connectivity index (χ4v) is 2.77. The molecule has 5 nitrogen and oxygen atoms in total. The van der Waals surface area contributed by atoms with Gasteiger partial charge in [-0.15, -0.1) is 0 Å². The molecule has 2 N–H and O–H groups in total. The zero-order valence-electron chi connectivity index (χ0n) is 16.5. The second-order valence-electron chi connectivity index (χ2n) is 7.21. The van der Waals surface area contributed by atoms with Crippen molar-refractivity contribution in [3.05, 3.63) is 78.0 Å². The molecule has 2 aromatic carbocycles. The van der Waals surface area contributed by atoms with Crippen LogP contribution in [0.4, 0.5) is 5.82 Å². The summed E-state index contributed by atoms with van der Waals surface area (Å²) in [6.45, 7) is 6.99. The second-order valence-corrected chi connectivity index (χ2v) is 7.21. The highest BCUT2D eigenvalue weighted by atomic mass is 16.1. The minimum Gasteiger partial charge on any atom is -0.370 e. The lowest BCUT2D eigenvalue weighted by Gasteiger charge is -2.15. The zero-order chi connectivity index (χ0) is 19.9. The molecule has 0 fully saturated rings. The van der Waals surface area contributed by atoms with Crippen LogP contribution in [0.5, 0.6) is 0 Å². The first kappa shape index (κ1) is 19.5. The summed E-state index contributed by atoms with van der Waals surface area (Å²) in [5.74, 6) is 1.43. The Balaban J connectivity index is 1.87. The topological polar surface area (TPSA) is 66.9 Å². The number of anilines is 1. The van der Waals surface area contributed by atoms with Gasteiger partial charge in [-0.05, 0) is 18.4 Å². The maximum Gasteiger partial charge on any atom is 0.270 e. The minimum absolute atomic E-state index is 0.115. The molecule has 1 heterocycles. The fraction of sp³-hybridized carbons (Fsp3) is 0.261. The molecule has 1 amide bonds. The Bertz CT molecular complexity index is 910. The van der Waals surface area contributed by atoms with Crippen molar-refractivity contribution in [3.63, 3.8) is 0 Å². The van der Waals surface area contributed by atoms with Crippen LogP contribution < -0.4 is 10.6 Å². The van der Waals surface area contributed by atoms with Crippen LogP contribution in [0.15, 0.2) is 66.7 Å². The van der Waals surface area contributed by atoms with Gasteiger partial charge in [0.25, 0.3) is 5.91 Å². The van der Waals surface area contributed by atoms with Gasteiger partial charge in [-0.1, -0.05) is 74.5 Å². The van der Waals surface area contributed by atoms with Gasteiger partial charge >= 0.3 is 0 Å². The van der Waals surface area contributed by atoms with Crippen molar-refractivity contribution in [3.8, 4) is 11.4 Å². The quantitative estimate of drug-likeness (QED) is 0.629. The lowest BCUT2D eigenvalue weighted by atomic mass is 10.1. The van der Waals surface area contributed by atoms with E-state index in [0.29, 0.717) is 23.3 Å². The molecular formula is C23H26N4O. The van der Waals surface area contributed by atoms with Gasteiger partial charge in [0.1, 0.15) is 11.5 Å². The first-order valence-electron chi connectivity index (χ1n) is 9.57. The molecule has 144 valence electrons. The van der Waals surface area contributed by atoms with E-state index < -0.39 is 0 Å². The van der Waals surface area contributed by atoms with Crippen LogP contribution >= 0.6 is 0 Å². The van der Waals surface area contributed by atoms with E-state index >= 15 is 0 Å². The summed E-state index contributed by atoms with van der Waals surface area (Å²) < 4.78 is 0. The minimum atomic E-state index is -0.219. The second kappa shape index (κ2) is 9.13. The van der Waals surface area contributed by atoms with Gasteiger partial charge < -0.3 is 10.6 Å². The number of hydrogen-bond acceptors (Lipinski definition) is 4. The van der Waals surface area contributed by atoms with Gasteiger partial charge in [-0.25, -0.2) is 9.97 Å². The highest BCUT2D eigenvalue weighted by Crippen LogP contribution is 2.19. The normalized spacial score (nSPS) is 11.9. The molecule has 0 radical (unpaired) electrons. The number of nitrogens with one attached hydrogen (secondary N) is 2. The lowest BCUT2D eigenvalue weighted by Crippen LogP contribution is -2.28. The molecular weight excluding hydrogens is 348 g/mol. The maximum absolute atomic E-state index is 12.9. The number of rotatable bonds is 7. The molecule has 0 bridgehead atoms. The predicted octanol–water partition coefficient (Wildman–Crippen LogP) is 4.70. The standard InChI is InChI=1S/C23H26N4O/c1-16(2)15-24-21-14-20(26-22(27-21)19-12-8-5-9-13-19)23(28)25-17(3)18-10-6-4-7-11-18/h4-14,16-17H,15H2,1-3H3,(H,25,28)(H,24,26,27). The maximum atomic E-state index is 12.9. The number of carbonyl (C=O) groups is 1. The summed E-state index contributed by atoms with van der Waals surface area (Å²) in [7, 11) is 0. The van der Waals surface area contributed by atoms with Gasteiger partial charge in [-0.3, -0.25) is 4.79 Å². The Morgan fingerprint density at radius 1 is 0.929 bits per heavy atom. The van der Waals surface area contributed by atoms with E-state index in [4.69, 9.17) is 0 Å². The Hall–Kier alpha value is -3.21. The first-order chi connectivity index (χ1) is 13.5. The van der Waals surface area contributed by atoms with E-state index in [0.717, 1.165) is 17.7 Å². The Morgan fingerprint density at radius 3 is 2.21 bits per heavy atom. The number of hydrogen-bond donors (Lipinski definition) is 2. The van der Waals surface area contributed by atoms with Crippen molar-refractivity contribution in [2.75, 3.05) is 11.9 Å². The first-order valence-corrected chi connectivity index (χ1v) is 9.57. The van der Waals surface area contributed by atoms with E-state index in [1.807, 2.05) is 67.6 Å². The van der Waals surface area contributed by atoms with Crippen LogP contribution in [0.3, 0.4) is 0 Å². The molecule has 0 spiro atoms. The van der Waals surface area contributed by atoms with Crippen molar-refractivity contribution in [1.82, 2.24) is 15.3 Å². The van der Waals surface area contributed by atoms with Gasteiger partial charge in [0.15, 0.2) is 5.82 Å². The smallest absolute Gasteiger partial charge is 0.270 e. The van der Waals surface area contributed by atoms with Crippen molar-refractivity contribution < 1.29 is 4.79 Å². The van der Waals surface area contributed by atoms with Crippen LogP contribution in [0.2, 0.25) is 0 Å². The largest absolute Gasteiger partial charge is 0.370 e. The fourth-order valence-electron chi connectivity index (χ4n) is 2.77. The summed E-state index contributed by atoms with van der Waals surface area (Å²) in [6, 6.07) is 21.2. The molecule has 0 saturated heterocycles. The molecule has 28 heavy (non-hydrogen) atoms. The third-order valence-electron chi connectivity index (χ3n) is 4.33. The summed E-state index contributed by atoms with van der Waals surface area (Å²) in [5, 5.41) is 6.33. The van der Waals surface area contributed by atoms with E-state index in [2.05, 4.69) is 34.4 Å². The number of nitrogens with zero attached hydrogens (tertiary/aromatic N) is 2. The van der Waals surface area contributed by atoms with Crippen molar-refractivity contribution in [2.24, 2.45) is 5.92 Å². The van der Waals surface area contributed by atoms with Crippen molar-refractivity contribution in [1.29, 1.82) is 0 Å². The molecule has 1 aromatic heterocycles. The monoisotopic (exact) mass is 374 g/mol. The molecule has 0 saturated carbocycles. The molecule has 1 unspecified atom stereocenters. The van der Waals surface area contributed by atoms with E-state index in [1.165, 1.54) is 0 Å². The van der Waals surface area contributed by atoms with Crippen LogP contribution in [0.1, 0.15) is 42.9 Å². The van der Waals surface area contributed by atoms with Crippen LogP contribution in [0, 0.1) is 5.92 Å². The molecule has 5 heteroatoms. The highest BCUT2D eigenvalue weighted by molar-refractivity contribution is 5.93. The van der Waals surface area contributed by atoms with Gasteiger partial charge in [-0.2, -0.15) is 0 Å². The van der Waals surface area contributed by atoms with Gasteiger partial charge in [0, 0.05) is 18.2 Å². The molecule has 0 aliphatic rings. The van der Waals surface area contributed by atoms with Crippen LogP contribution in [0.25, 0.3) is 11.4 Å². The summed E-state index contributed by atoms with van der Waals surface area (Å²) in [5.41, 5.74) is 2.27. The number of benzene rings is 2. The summed E-state index contributed by atoms with van der Waals surface area (Å²) in [6.07, 6.45) is 0. The number of amides is 1. The average molecular weight is 374 g/mol. The summed E-state index contributed by atoms with van der Waals surface area (Å²) >= 11 is 0. The lowest BCUT2D eigenvalue weighted by molar-refractivity contribution is 0.0935. The Morgan fingerprint density at radius 2 is 1.57 bits per heavy atom. The number of carbonyl (C=O) groups excluding carboxylic acids is 1. The third-order valence-corrected chi connectivity index (χ3v) is 4.33. The SMILES string of the molecule is CC(C)CNc1cc(C(=O)NC(C)c2ccccc2)nc(-c2ccccc2)n1. The van der Waals surface area contributed by atoms with Gasteiger partial charge in [0.05, 0.1) is 6.04 Å². The van der Waals surface area contributed by atoms with E-state index in [1.54, 1.807) is 6.07 Å². The molecule has 1 atom stereocenters. The summed E-state index contributed by atoms with van der Waals surface area (Å²) in [4.78, 5) is 22.0. The van der Waals surface area contributed by atoms with Crippen LogP contribution in [-0.4, -0.2) is 22.4 Å². The van der Waals surface area contributed by atoms with Crippen molar-refractivity contribution in [2.45, 2.75) is 26.8 Å². The Labute approximate surface area is 166 Å². The average Bonchev–Trinajstić information content (AvgIpc) is 2.73. The van der Waals surface area contributed by atoms with Gasteiger partial charge in [0.2, 0.25) is 0 Å². The third kappa shape index (κ3) is 5.16. The van der Waals surface area contributed by atoms with E-state index in [-0.39, 0.29) is 11.9 Å². The Kier molecular flexibility index (Phi) is 6.37. The molecule has 0 aliphatic carbocycles.